The molecule has 0 saturated heterocycles. The van der Waals surface area contributed by atoms with E-state index in [1.165, 1.54) is 11.8 Å². The minimum atomic E-state index is -0.389. The highest BCUT2D eigenvalue weighted by molar-refractivity contribution is 8.04. The Morgan fingerprint density at radius 1 is 1.75 bits per heavy atom. The van der Waals surface area contributed by atoms with Crippen LogP contribution in [0.25, 0.3) is 0 Å². The van der Waals surface area contributed by atoms with Crippen molar-refractivity contribution < 1.29 is 14.6 Å². The van der Waals surface area contributed by atoms with Crippen molar-refractivity contribution in [3.63, 3.8) is 0 Å². The molecule has 0 aromatic carbocycles. The summed E-state index contributed by atoms with van der Waals surface area (Å²) in [7, 11) is 0. The second kappa shape index (κ2) is 4.40. The highest BCUT2D eigenvalue weighted by Gasteiger charge is 2.20. The second-order valence-electron chi connectivity index (χ2n) is 2.45. The molecule has 0 aliphatic carbocycles. The van der Waals surface area contributed by atoms with E-state index in [1.54, 1.807) is 6.92 Å². The van der Waals surface area contributed by atoms with Crippen molar-refractivity contribution in [2.75, 3.05) is 12.4 Å². The summed E-state index contributed by atoms with van der Waals surface area (Å²) in [4.78, 5) is 11.5. The van der Waals surface area contributed by atoms with Crippen LogP contribution in [0.4, 0.5) is 0 Å². The summed E-state index contributed by atoms with van der Waals surface area (Å²) >= 11 is 1.37. The van der Waals surface area contributed by atoms with E-state index in [-0.39, 0.29) is 11.7 Å². The molecule has 0 unspecified atom stereocenters. The largest absolute Gasteiger partial charge is 0.511 e. The lowest BCUT2D eigenvalue weighted by Crippen LogP contribution is -2.11. The van der Waals surface area contributed by atoms with E-state index in [1.807, 2.05) is 0 Å². The van der Waals surface area contributed by atoms with Crippen LogP contribution in [0, 0.1) is 0 Å². The predicted molar refractivity (Wildman–Crippen MR) is 48.0 cm³/mol. The topological polar surface area (TPSA) is 46.5 Å². The number of allylic oxidation sites excluding steroid dienone is 1. The van der Waals surface area contributed by atoms with Crippen LogP contribution in [-0.4, -0.2) is 23.4 Å². The van der Waals surface area contributed by atoms with Gasteiger partial charge in [-0.3, -0.25) is 0 Å². The fourth-order valence-corrected chi connectivity index (χ4v) is 1.92. The zero-order chi connectivity index (χ0) is 8.97. The van der Waals surface area contributed by atoms with Gasteiger partial charge in [-0.1, -0.05) is 0 Å². The van der Waals surface area contributed by atoms with Gasteiger partial charge in [0, 0.05) is 6.42 Å². The Kier molecular flexibility index (Phi) is 3.47. The van der Waals surface area contributed by atoms with Crippen molar-refractivity contribution >= 4 is 17.7 Å². The molecule has 3 nitrogen and oxygen atoms in total. The van der Waals surface area contributed by atoms with Gasteiger partial charge in [0.1, 0.15) is 10.7 Å². The Morgan fingerprint density at radius 2 is 2.50 bits per heavy atom. The number of esters is 1. The summed E-state index contributed by atoms with van der Waals surface area (Å²) < 4.78 is 4.77. The fourth-order valence-electron chi connectivity index (χ4n) is 0.984. The summed E-state index contributed by atoms with van der Waals surface area (Å²) in [6.07, 6.45) is 1.53. The standard InChI is InChI=1S/C8H12O3S/c1-2-11-8(10)7-6(9)4-3-5-12-7/h9H,2-5H2,1H3. The van der Waals surface area contributed by atoms with E-state index >= 15 is 0 Å². The van der Waals surface area contributed by atoms with E-state index in [2.05, 4.69) is 0 Å². The maximum Gasteiger partial charge on any atom is 0.348 e. The van der Waals surface area contributed by atoms with E-state index in [0.717, 1.165) is 12.2 Å². The smallest absolute Gasteiger partial charge is 0.348 e. The first-order chi connectivity index (χ1) is 5.75. The monoisotopic (exact) mass is 188 g/mol. The molecule has 1 rings (SSSR count). The van der Waals surface area contributed by atoms with Crippen molar-refractivity contribution in [2.45, 2.75) is 19.8 Å². The number of carbonyl (C=O) groups is 1. The molecule has 1 N–H and O–H groups in total. The number of thioether (sulfide) groups is 1. The van der Waals surface area contributed by atoms with Crippen LogP contribution in [-0.2, 0) is 9.53 Å². The third-order valence-electron chi connectivity index (χ3n) is 1.53. The molecule has 0 bridgehead atoms. The van der Waals surface area contributed by atoms with Crippen LogP contribution in [0.2, 0.25) is 0 Å². The maximum absolute atomic E-state index is 11.1. The van der Waals surface area contributed by atoms with Crippen LogP contribution in [0.1, 0.15) is 19.8 Å². The second-order valence-corrected chi connectivity index (χ2v) is 3.55. The van der Waals surface area contributed by atoms with Gasteiger partial charge in [0.25, 0.3) is 0 Å². The van der Waals surface area contributed by atoms with E-state index in [0.29, 0.717) is 17.9 Å². The van der Waals surface area contributed by atoms with Crippen LogP contribution in [0.5, 0.6) is 0 Å². The molecule has 0 atom stereocenters. The molecule has 0 fully saturated rings. The molecule has 0 radical (unpaired) electrons. The summed E-state index contributed by atoms with van der Waals surface area (Å²) in [6.45, 7) is 2.11. The molecule has 0 aromatic heterocycles. The molecule has 1 aliphatic rings. The summed E-state index contributed by atoms with van der Waals surface area (Å²) in [6, 6.07) is 0. The number of aliphatic hydroxyl groups is 1. The van der Waals surface area contributed by atoms with E-state index in [9.17, 15) is 9.90 Å². The Morgan fingerprint density at radius 3 is 3.08 bits per heavy atom. The molecule has 0 spiro atoms. The van der Waals surface area contributed by atoms with Gasteiger partial charge in [0.2, 0.25) is 0 Å². The lowest BCUT2D eigenvalue weighted by Gasteiger charge is -2.13. The van der Waals surface area contributed by atoms with Gasteiger partial charge >= 0.3 is 5.97 Å². The highest BCUT2D eigenvalue weighted by Crippen LogP contribution is 2.28. The first kappa shape index (κ1) is 9.45. The first-order valence-corrected chi connectivity index (χ1v) is 4.96. The Balaban J connectivity index is 2.64. The van der Waals surface area contributed by atoms with E-state index in [4.69, 9.17) is 4.74 Å². The van der Waals surface area contributed by atoms with Gasteiger partial charge in [0.15, 0.2) is 0 Å². The van der Waals surface area contributed by atoms with Crippen LogP contribution >= 0.6 is 11.8 Å². The number of rotatable bonds is 2. The molecule has 12 heavy (non-hydrogen) atoms. The molecular formula is C8H12O3S. The average Bonchev–Trinajstić information content (AvgIpc) is 2.05. The number of aliphatic hydroxyl groups excluding tert-OH is 1. The maximum atomic E-state index is 11.1. The summed E-state index contributed by atoms with van der Waals surface area (Å²) in [5.41, 5.74) is 0. The van der Waals surface area contributed by atoms with Crippen molar-refractivity contribution in [3.05, 3.63) is 10.7 Å². The van der Waals surface area contributed by atoms with E-state index < -0.39 is 0 Å². The van der Waals surface area contributed by atoms with Gasteiger partial charge in [0.05, 0.1) is 6.61 Å². The van der Waals surface area contributed by atoms with Crippen molar-refractivity contribution in [2.24, 2.45) is 0 Å². The quantitative estimate of drug-likeness (QED) is 0.672. The van der Waals surface area contributed by atoms with Gasteiger partial charge in [-0.2, -0.15) is 0 Å². The minimum Gasteiger partial charge on any atom is -0.511 e. The van der Waals surface area contributed by atoms with Crippen LogP contribution in [0.15, 0.2) is 10.7 Å². The molecular weight excluding hydrogens is 176 g/mol. The summed E-state index contributed by atoms with van der Waals surface area (Å²) in [5, 5.41) is 9.32. The number of ether oxygens (including phenoxy) is 1. The lowest BCUT2D eigenvalue weighted by molar-refractivity contribution is -0.137. The Hall–Kier alpha value is -0.640. The fraction of sp³-hybridized carbons (Fsp3) is 0.625. The molecule has 1 aliphatic heterocycles. The molecule has 1 heterocycles. The van der Waals surface area contributed by atoms with Crippen molar-refractivity contribution in [3.8, 4) is 0 Å². The molecule has 4 heteroatoms. The van der Waals surface area contributed by atoms with Gasteiger partial charge < -0.3 is 9.84 Å². The van der Waals surface area contributed by atoms with Crippen LogP contribution < -0.4 is 0 Å². The average molecular weight is 188 g/mol. The Labute approximate surface area is 75.8 Å². The van der Waals surface area contributed by atoms with Crippen molar-refractivity contribution in [1.29, 1.82) is 0 Å². The number of carbonyl (C=O) groups excluding carboxylic acids is 1. The van der Waals surface area contributed by atoms with Gasteiger partial charge in [-0.25, -0.2) is 4.79 Å². The third kappa shape index (κ3) is 2.17. The first-order valence-electron chi connectivity index (χ1n) is 3.97. The molecule has 68 valence electrons. The number of hydrogen-bond donors (Lipinski definition) is 1. The third-order valence-corrected chi connectivity index (χ3v) is 2.71. The predicted octanol–water partition coefficient (Wildman–Crippen LogP) is 1.85. The van der Waals surface area contributed by atoms with Gasteiger partial charge in [-0.15, -0.1) is 11.8 Å². The highest BCUT2D eigenvalue weighted by atomic mass is 32.2. The molecule has 0 aromatic rings. The lowest BCUT2D eigenvalue weighted by atomic mass is 10.2. The van der Waals surface area contributed by atoms with Gasteiger partial charge in [-0.05, 0) is 19.1 Å². The SMILES string of the molecule is CCOC(=O)C1=C(O)CCCS1. The minimum absolute atomic E-state index is 0.185. The normalized spacial score (nSPS) is 17.8. The zero-order valence-corrected chi connectivity index (χ0v) is 7.82. The zero-order valence-electron chi connectivity index (χ0n) is 7.00. The number of hydrogen-bond acceptors (Lipinski definition) is 4. The Bertz CT molecular complexity index is 210. The molecule has 0 amide bonds. The molecule has 0 saturated carbocycles. The van der Waals surface area contributed by atoms with Crippen molar-refractivity contribution in [1.82, 2.24) is 0 Å². The van der Waals surface area contributed by atoms with Crippen LogP contribution in [0.3, 0.4) is 0 Å². The summed E-state index contributed by atoms with van der Waals surface area (Å²) in [5.74, 6) is 0.683.